The number of hydrogen-bond acceptors (Lipinski definition) is 2. The molecule has 0 saturated carbocycles. The van der Waals surface area contributed by atoms with Gasteiger partial charge in [-0.2, -0.15) is 0 Å². The molecule has 0 bridgehead atoms. The quantitative estimate of drug-likeness (QED) is 0.325. The van der Waals surface area contributed by atoms with E-state index in [2.05, 4.69) is 12.5 Å². The standard InChI is InChI=1S/C8H10O2/c1-5-7(9)10-8(3,4)6-2/h2,5H,1H2,3-4H3. The first kappa shape index (κ1) is 8.77. The van der Waals surface area contributed by atoms with Crippen molar-refractivity contribution in [3.05, 3.63) is 12.7 Å². The summed E-state index contributed by atoms with van der Waals surface area (Å²) in [7, 11) is 0. The fraction of sp³-hybridized carbons (Fsp3) is 0.375. The lowest BCUT2D eigenvalue weighted by molar-refractivity contribution is -0.145. The van der Waals surface area contributed by atoms with E-state index in [1.165, 1.54) is 0 Å². The smallest absolute Gasteiger partial charge is 0.331 e. The summed E-state index contributed by atoms with van der Waals surface area (Å²) in [4.78, 5) is 10.6. The second kappa shape index (κ2) is 3.07. The van der Waals surface area contributed by atoms with E-state index >= 15 is 0 Å². The van der Waals surface area contributed by atoms with E-state index in [9.17, 15) is 4.79 Å². The van der Waals surface area contributed by atoms with Crippen LogP contribution in [0.3, 0.4) is 0 Å². The first-order chi connectivity index (χ1) is 4.52. The molecular formula is C8H10O2. The van der Waals surface area contributed by atoms with Gasteiger partial charge in [0.1, 0.15) is 0 Å². The summed E-state index contributed by atoms with van der Waals surface area (Å²) in [5.41, 5.74) is -0.828. The second-order valence-electron chi connectivity index (χ2n) is 2.28. The Labute approximate surface area is 60.9 Å². The van der Waals surface area contributed by atoms with Crippen LogP contribution >= 0.6 is 0 Å². The van der Waals surface area contributed by atoms with Crippen molar-refractivity contribution in [2.24, 2.45) is 0 Å². The highest BCUT2D eigenvalue weighted by Gasteiger charge is 2.16. The molecule has 0 aromatic rings. The van der Waals surface area contributed by atoms with E-state index in [-0.39, 0.29) is 0 Å². The molecule has 0 atom stereocenters. The number of terminal acetylenes is 1. The lowest BCUT2D eigenvalue weighted by atomic mass is 10.1. The molecule has 0 radical (unpaired) electrons. The van der Waals surface area contributed by atoms with Crippen LogP contribution in [0.4, 0.5) is 0 Å². The fourth-order valence-corrected chi connectivity index (χ4v) is 0.323. The maximum absolute atomic E-state index is 10.6. The molecule has 0 aliphatic heterocycles. The van der Waals surface area contributed by atoms with Crippen LogP contribution in [0.15, 0.2) is 12.7 Å². The third kappa shape index (κ3) is 2.93. The summed E-state index contributed by atoms with van der Waals surface area (Å²) in [6, 6.07) is 0. The highest BCUT2D eigenvalue weighted by molar-refractivity contribution is 5.81. The van der Waals surface area contributed by atoms with Gasteiger partial charge in [-0.1, -0.05) is 12.5 Å². The zero-order valence-electron chi connectivity index (χ0n) is 6.18. The lowest BCUT2D eigenvalue weighted by Gasteiger charge is -2.16. The summed E-state index contributed by atoms with van der Waals surface area (Å²) in [6.07, 6.45) is 6.13. The SMILES string of the molecule is C#CC(C)(C)OC(=O)C=C. The van der Waals surface area contributed by atoms with E-state index in [0.717, 1.165) is 6.08 Å². The highest BCUT2D eigenvalue weighted by Crippen LogP contribution is 2.06. The highest BCUT2D eigenvalue weighted by atomic mass is 16.6. The first-order valence-electron chi connectivity index (χ1n) is 2.85. The van der Waals surface area contributed by atoms with Gasteiger partial charge in [-0.25, -0.2) is 4.79 Å². The van der Waals surface area contributed by atoms with Crippen molar-refractivity contribution in [2.45, 2.75) is 19.4 Å². The van der Waals surface area contributed by atoms with Gasteiger partial charge in [-0.05, 0) is 13.8 Å². The van der Waals surface area contributed by atoms with Crippen LogP contribution in [0.1, 0.15) is 13.8 Å². The van der Waals surface area contributed by atoms with Gasteiger partial charge in [0.05, 0.1) is 0 Å². The number of hydrogen-bond donors (Lipinski definition) is 0. The Balaban J connectivity index is 4.04. The van der Waals surface area contributed by atoms with Crippen molar-refractivity contribution in [3.63, 3.8) is 0 Å². The number of rotatable bonds is 2. The molecule has 0 fully saturated rings. The average Bonchev–Trinajstić information content (AvgIpc) is 1.87. The minimum absolute atomic E-state index is 0.497. The van der Waals surface area contributed by atoms with Gasteiger partial charge in [0.25, 0.3) is 0 Å². The molecule has 0 aromatic carbocycles. The average molecular weight is 138 g/mol. The Morgan fingerprint density at radius 3 is 2.60 bits per heavy atom. The first-order valence-corrected chi connectivity index (χ1v) is 2.85. The predicted octanol–water partition coefficient (Wildman–Crippen LogP) is 1.13. The fourth-order valence-electron chi connectivity index (χ4n) is 0.323. The third-order valence-electron chi connectivity index (χ3n) is 0.870. The Kier molecular flexibility index (Phi) is 2.69. The molecule has 54 valence electrons. The molecule has 0 aliphatic carbocycles. The van der Waals surface area contributed by atoms with Gasteiger partial charge in [0, 0.05) is 6.08 Å². The van der Waals surface area contributed by atoms with Crippen LogP contribution in [0.5, 0.6) is 0 Å². The van der Waals surface area contributed by atoms with Crippen molar-refractivity contribution >= 4 is 5.97 Å². The maximum Gasteiger partial charge on any atom is 0.331 e. The van der Waals surface area contributed by atoms with Gasteiger partial charge in [0.2, 0.25) is 0 Å². The van der Waals surface area contributed by atoms with Crippen LogP contribution in [0.2, 0.25) is 0 Å². The van der Waals surface area contributed by atoms with Gasteiger partial charge < -0.3 is 4.74 Å². The second-order valence-corrected chi connectivity index (χ2v) is 2.28. The van der Waals surface area contributed by atoms with Crippen molar-refractivity contribution in [1.82, 2.24) is 0 Å². The van der Waals surface area contributed by atoms with Crippen molar-refractivity contribution in [1.29, 1.82) is 0 Å². The Bertz CT molecular complexity index is 184. The topological polar surface area (TPSA) is 26.3 Å². The Hall–Kier alpha value is -1.23. The Morgan fingerprint density at radius 1 is 1.80 bits per heavy atom. The zero-order valence-corrected chi connectivity index (χ0v) is 6.18. The van der Waals surface area contributed by atoms with Crippen LogP contribution in [0.25, 0.3) is 0 Å². The van der Waals surface area contributed by atoms with E-state index in [1.807, 2.05) is 0 Å². The van der Waals surface area contributed by atoms with Gasteiger partial charge in [-0.3, -0.25) is 0 Å². The Morgan fingerprint density at radius 2 is 2.30 bits per heavy atom. The molecular weight excluding hydrogens is 128 g/mol. The minimum atomic E-state index is -0.828. The monoisotopic (exact) mass is 138 g/mol. The molecule has 0 unspecified atom stereocenters. The molecule has 0 spiro atoms. The van der Waals surface area contributed by atoms with Gasteiger partial charge in [0.15, 0.2) is 5.60 Å². The third-order valence-corrected chi connectivity index (χ3v) is 0.870. The molecule has 2 heteroatoms. The summed E-state index contributed by atoms with van der Waals surface area (Å²) < 4.78 is 4.74. The predicted molar refractivity (Wildman–Crippen MR) is 39.2 cm³/mol. The molecule has 0 rings (SSSR count). The largest absolute Gasteiger partial charge is 0.443 e. The number of carbonyl (C=O) groups is 1. The van der Waals surface area contributed by atoms with Gasteiger partial charge in [-0.15, -0.1) is 6.42 Å². The molecule has 0 heterocycles. The normalized spacial score (nSPS) is 9.70. The van der Waals surface area contributed by atoms with E-state index < -0.39 is 11.6 Å². The van der Waals surface area contributed by atoms with Crippen LogP contribution in [-0.4, -0.2) is 11.6 Å². The molecule has 0 aliphatic rings. The molecule has 0 aromatic heterocycles. The van der Waals surface area contributed by atoms with E-state index in [1.54, 1.807) is 13.8 Å². The number of esters is 1. The van der Waals surface area contributed by atoms with Crippen molar-refractivity contribution < 1.29 is 9.53 Å². The van der Waals surface area contributed by atoms with Crippen LogP contribution in [0, 0.1) is 12.3 Å². The number of carbonyl (C=O) groups excluding carboxylic acids is 1. The molecule has 2 nitrogen and oxygen atoms in total. The summed E-state index contributed by atoms with van der Waals surface area (Å²) >= 11 is 0. The van der Waals surface area contributed by atoms with E-state index in [4.69, 9.17) is 11.2 Å². The molecule has 0 amide bonds. The zero-order chi connectivity index (χ0) is 8.20. The van der Waals surface area contributed by atoms with Crippen molar-refractivity contribution in [2.75, 3.05) is 0 Å². The number of ether oxygens (including phenoxy) is 1. The molecule has 10 heavy (non-hydrogen) atoms. The molecule has 0 saturated heterocycles. The summed E-state index contributed by atoms with van der Waals surface area (Å²) in [5, 5.41) is 0. The minimum Gasteiger partial charge on any atom is -0.443 e. The van der Waals surface area contributed by atoms with E-state index in [0.29, 0.717) is 0 Å². The summed E-state index contributed by atoms with van der Waals surface area (Å²) in [6.45, 7) is 6.50. The van der Waals surface area contributed by atoms with Gasteiger partial charge >= 0.3 is 5.97 Å². The van der Waals surface area contributed by atoms with Crippen LogP contribution < -0.4 is 0 Å². The van der Waals surface area contributed by atoms with Crippen molar-refractivity contribution in [3.8, 4) is 12.3 Å². The van der Waals surface area contributed by atoms with Crippen LogP contribution in [-0.2, 0) is 9.53 Å². The lowest BCUT2D eigenvalue weighted by Crippen LogP contribution is -2.24. The molecule has 0 N–H and O–H groups in total. The maximum atomic E-state index is 10.6. The summed E-state index contributed by atoms with van der Waals surface area (Å²) in [5.74, 6) is 1.82.